The van der Waals surface area contributed by atoms with E-state index in [0.29, 0.717) is 54.2 Å². The maximum Gasteiger partial charge on any atom is 0.407 e. The number of hydrogen-bond donors (Lipinski definition) is 3. The summed E-state index contributed by atoms with van der Waals surface area (Å²) < 4.78 is 7.50. The third-order valence-corrected chi connectivity index (χ3v) is 5.72. The number of piperidine rings is 1. The number of pyridine rings is 2. The first-order chi connectivity index (χ1) is 17.1. The Labute approximate surface area is 208 Å². The molecule has 0 aromatic carbocycles. The maximum absolute atomic E-state index is 12.7. The molecule has 1 aliphatic heterocycles. The Balaban J connectivity index is 1.62. The molecule has 12 heteroatoms. The van der Waals surface area contributed by atoms with Crippen LogP contribution in [0.2, 0.25) is 0 Å². The second kappa shape index (κ2) is 10.5. The summed E-state index contributed by atoms with van der Waals surface area (Å²) in [6.07, 6.45) is 4.67. The third kappa shape index (κ3) is 5.89. The van der Waals surface area contributed by atoms with Crippen LogP contribution in [0.15, 0.2) is 41.7 Å². The average molecular weight is 498 g/mol. The molecule has 1 amide bonds. The number of carboxylic acid groups (broad SMARTS) is 1. The molecular formula is C24H31N7O5. The van der Waals surface area contributed by atoms with Gasteiger partial charge in [0.1, 0.15) is 18.2 Å². The first-order valence-electron chi connectivity index (χ1n) is 11.8. The van der Waals surface area contributed by atoms with Gasteiger partial charge in [-0.15, -0.1) is 0 Å². The van der Waals surface area contributed by atoms with E-state index in [2.05, 4.69) is 20.4 Å². The van der Waals surface area contributed by atoms with Crippen molar-refractivity contribution in [2.45, 2.75) is 51.8 Å². The highest BCUT2D eigenvalue weighted by Gasteiger charge is 2.25. The Morgan fingerprint density at radius 1 is 1.19 bits per heavy atom. The van der Waals surface area contributed by atoms with Crippen LogP contribution in [0, 0.1) is 0 Å². The summed E-state index contributed by atoms with van der Waals surface area (Å²) in [5.41, 5.74) is 2.82. The molecule has 0 atom stereocenters. The Bertz CT molecular complexity index is 1280. The SMILES string of the molecule is CC(C)(C)NN(c1cc(OC2CCN(C(=O)O)CC2)ncn1)c1cc2ccn(CCO)c(=O)c2cn1. The van der Waals surface area contributed by atoms with Crippen LogP contribution < -0.4 is 20.7 Å². The van der Waals surface area contributed by atoms with E-state index in [-0.39, 0.29) is 30.4 Å². The van der Waals surface area contributed by atoms with Gasteiger partial charge in [0.05, 0.1) is 12.0 Å². The summed E-state index contributed by atoms with van der Waals surface area (Å²) in [6.45, 7) is 6.92. The molecule has 1 fully saturated rings. The standard InChI is InChI=1S/C24H31N7O5/c1-24(2,3)28-31(19-12-16-4-7-29(10-11-32)22(33)18(16)14-25-19)20-13-21(27-15-26-20)36-17-5-8-30(9-6-17)23(34)35/h4,7,12-15,17,28,32H,5-6,8-11H2,1-3H3,(H,34,35). The lowest BCUT2D eigenvalue weighted by Gasteiger charge is -2.32. The molecule has 0 aliphatic carbocycles. The van der Waals surface area contributed by atoms with Crippen molar-refractivity contribution in [2.24, 2.45) is 0 Å². The Kier molecular flexibility index (Phi) is 7.36. The fourth-order valence-corrected chi connectivity index (χ4v) is 3.99. The highest BCUT2D eigenvalue weighted by Crippen LogP contribution is 2.27. The Morgan fingerprint density at radius 2 is 1.92 bits per heavy atom. The molecule has 36 heavy (non-hydrogen) atoms. The molecule has 1 saturated heterocycles. The second-order valence-corrected chi connectivity index (χ2v) is 9.67. The number of rotatable bonds is 7. The van der Waals surface area contributed by atoms with Gasteiger partial charge >= 0.3 is 6.09 Å². The summed E-state index contributed by atoms with van der Waals surface area (Å²) >= 11 is 0. The summed E-state index contributed by atoms with van der Waals surface area (Å²) in [5, 5.41) is 21.2. The van der Waals surface area contributed by atoms with Crippen molar-refractivity contribution in [2.75, 3.05) is 24.7 Å². The van der Waals surface area contributed by atoms with Crippen LogP contribution in [0.5, 0.6) is 5.88 Å². The van der Waals surface area contributed by atoms with Gasteiger partial charge in [-0.05, 0) is 38.3 Å². The topological polar surface area (TPSA) is 146 Å². The van der Waals surface area contributed by atoms with Crippen LogP contribution in [0.3, 0.4) is 0 Å². The molecule has 0 saturated carbocycles. The van der Waals surface area contributed by atoms with Crippen LogP contribution >= 0.6 is 0 Å². The van der Waals surface area contributed by atoms with E-state index in [1.807, 2.05) is 26.8 Å². The molecule has 3 N–H and O–H groups in total. The van der Waals surface area contributed by atoms with Gasteiger partial charge in [-0.25, -0.2) is 30.2 Å². The molecule has 0 bridgehead atoms. The molecule has 0 unspecified atom stereocenters. The smallest absolute Gasteiger partial charge is 0.407 e. The van der Waals surface area contributed by atoms with E-state index in [0.717, 1.165) is 0 Å². The molecule has 4 rings (SSSR count). The number of nitrogens with zero attached hydrogens (tertiary/aromatic N) is 6. The number of hydrazine groups is 1. The average Bonchev–Trinajstić information content (AvgIpc) is 2.84. The lowest BCUT2D eigenvalue weighted by atomic mass is 10.1. The van der Waals surface area contributed by atoms with Crippen LogP contribution in [-0.4, -0.2) is 72.1 Å². The molecule has 3 aromatic rings. The van der Waals surface area contributed by atoms with E-state index in [4.69, 9.17) is 9.84 Å². The third-order valence-electron chi connectivity index (χ3n) is 5.72. The monoisotopic (exact) mass is 497 g/mol. The zero-order valence-electron chi connectivity index (χ0n) is 20.6. The van der Waals surface area contributed by atoms with Crippen molar-refractivity contribution >= 4 is 28.5 Å². The van der Waals surface area contributed by atoms with E-state index in [9.17, 15) is 14.7 Å². The number of ether oxygens (including phenoxy) is 1. The van der Waals surface area contributed by atoms with Crippen LogP contribution in [0.4, 0.5) is 16.4 Å². The maximum atomic E-state index is 12.7. The molecule has 0 spiro atoms. The largest absolute Gasteiger partial charge is 0.474 e. The van der Waals surface area contributed by atoms with Gasteiger partial charge in [-0.1, -0.05) is 0 Å². The van der Waals surface area contributed by atoms with Gasteiger partial charge < -0.3 is 24.4 Å². The fourth-order valence-electron chi connectivity index (χ4n) is 3.99. The van der Waals surface area contributed by atoms with Crippen LogP contribution in [0.25, 0.3) is 10.8 Å². The van der Waals surface area contributed by atoms with Crippen LogP contribution in [0.1, 0.15) is 33.6 Å². The molecule has 4 heterocycles. The summed E-state index contributed by atoms with van der Waals surface area (Å²) in [4.78, 5) is 38.4. The number of aromatic nitrogens is 4. The Morgan fingerprint density at radius 3 is 2.58 bits per heavy atom. The number of aliphatic hydroxyl groups excluding tert-OH is 1. The normalized spacial score (nSPS) is 14.7. The van der Waals surface area contributed by atoms with E-state index in [1.165, 1.54) is 22.0 Å². The van der Waals surface area contributed by atoms with E-state index in [1.54, 1.807) is 23.3 Å². The summed E-state index contributed by atoms with van der Waals surface area (Å²) in [5.74, 6) is 1.40. The number of fused-ring (bicyclic) bond motifs is 1. The van der Waals surface area contributed by atoms with Crippen molar-refractivity contribution in [3.63, 3.8) is 0 Å². The number of likely N-dealkylation sites (tertiary alicyclic amines) is 1. The number of hydrogen-bond acceptors (Lipinski definition) is 9. The quantitative estimate of drug-likeness (QED) is 0.415. The lowest BCUT2D eigenvalue weighted by Crippen LogP contribution is -2.47. The van der Waals surface area contributed by atoms with E-state index >= 15 is 0 Å². The number of carbonyl (C=O) groups is 1. The Hall–Kier alpha value is -3.77. The minimum absolute atomic E-state index is 0.128. The molecule has 3 aromatic heterocycles. The van der Waals surface area contributed by atoms with Crippen molar-refractivity contribution in [3.8, 4) is 5.88 Å². The zero-order chi connectivity index (χ0) is 25.9. The second-order valence-electron chi connectivity index (χ2n) is 9.67. The van der Waals surface area contributed by atoms with Gasteiger partial charge in [0.15, 0.2) is 5.82 Å². The number of amides is 1. The van der Waals surface area contributed by atoms with Gasteiger partial charge in [0.2, 0.25) is 5.88 Å². The lowest BCUT2D eigenvalue weighted by molar-refractivity contribution is 0.0870. The minimum Gasteiger partial charge on any atom is -0.474 e. The summed E-state index contributed by atoms with van der Waals surface area (Å²) in [6, 6.07) is 5.31. The zero-order valence-corrected chi connectivity index (χ0v) is 20.6. The predicted molar refractivity (Wildman–Crippen MR) is 133 cm³/mol. The molecule has 192 valence electrons. The first kappa shape index (κ1) is 25.3. The highest BCUT2D eigenvalue weighted by atomic mass is 16.5. The molecular weight excluding hydrogens is 466 g/mol. The van der Waals surface area contributed by atoms with Crippen molar-refractivity contribution in [1.29, 1.82) is 0 Å². The minimum atomic E-state index is -0.920. The number of aliphatic hydroxyl groups is 1. The van der Waals surface area contributed by atoms with Crippen LogP contribution in [-0.2, 0) is 6.54 Å². The molecule has 1 aliphatic rings. The first-order valence-corrected chi connectivity index (χ1v) is 11.8. The van der Waals surface area contributed by atoms with Crippen molar-refractivity contribution in [1.82, 2.24) is 29.8 Å². The van der Waals surface area contributed by atoms with Gasteiger partial charge in [0.25, 0.3) is 5.56 Å². The van der Waals surface area contributed by atoms with E-state index < -0.39 is 6.09 Å². The number of nitrogens with one attached hydrogen (secondary N) is 1. The fraction of sp³-hybridized carbons (Fsp3) is 0.458. The van der Waals surface area contributed by atoms with Gasteiger partial charge in [-0.3, -0.25) is 4.79 Å². The molecule has 0 radical (unpaired) electrons. The summed E-state index contributed by atoms with van der Waals surface area (Å²) in [7, 11) is 0. The van der Waals surface area contributed by atoms with Gasteiger partial charge in [-0.2, -0.15) is 0 Å². The highest BCUT2D eigenvalue weighted by molar-refractivity contribution is 5.83. The molecule has 12 nitrogen and oxygen atoms in total. The van der Waals surface area contributed by atoms with Crippen molar-refractivity contribution in [3.05, 3.63) is 47.3 Å². The van der Waals surface area contributed by atoms with Gasteiger partial charge in [0, 0.05) is 56.5 Å². The predicted octanol–water partition coefficient (Wildman–Crippen LogP) is 2.14. The van der Waals surface area contributed by atoms with Crippen molar-refractivity contribution < 1.29 is 19.7 Å². The number of anilines is 2.